The molecule has 3 nitrogen and oxygen atoms in total. The summed E-state index contributed by atoms with van der Waals surface area (Å²) in [4.78, 5) is 12.0. The van der Waals surface area contributed by atoms with Crippen LogP contribution in [0.4, 0.5) is 0 Å². The molecule has 0 heterocycles. The van der Waals surface area contributed by atoms with Gasteiger partial charge in [-0.15, -0.1) is 0 Å². The van der Waals surface area contributed by atoms with Crippen molar-refractivity contribution in [1.82, 2.24) is 10.6 Å². The zero-order chi connectivity index (χ0) is 13.1. The van der Waals surface area contributed by atoms with Crippen LogP contribution >= 0.6 is 0 Å². The van der Waals surface area contributed by atoms with Crippen molar-refractivity contribution in [1.29, 1.82) is 0 Å². The summed E-state index contributed by atoms with van der Waals surface area (Å²) in [5.41, 5.74) is -0.133. The number of carbonyl (C=O) groups is 1. The van der Waals surface area contributed by atoms with E-state index < -0.39 is 0 Å². The van der Waals surface area contributed by atoms with E-state index in [2.05, 4.69) is 10.6 Å². The third-order valence-corrected chi connectivity index (χ3v) is 5.07. The van der Waals surface area contributed by atoms with Crippen LogP contribution in [-0.4, -0.2) is 23.5 Å². The predicted octanol–water partition coefficient (Wildman–Crippen LogP) is 1.92. The molecule has 102 valence electrons. The van der Waals surface area contributed by atoms with Gasteiger partial charge in [-0.3, -0.25) is 4.79 Å². The lowest BCUT2D eigenvalue weighted by Crippen LogP contribution is -2.50. The van der Waals surface area contributed by atoms with E-state index in [4.69, 9.17) is 0 Å². The molecule has 3 rings (SSSR count). The average molecular weight is 250 g/mol. The van der Waals surface area contributed by atoms with Crippen LogP contribution in [0.25, 0.3) is 0 Å². The molecule has 3 aliphatic carbocycles. The van der Waals surface area contributed by atoms with E-state index in [1.165, 1.54) is 19.3 Å². The maximum Gasteiger partial charge on any atom is 0.237 e. The molecule has 3 heteroatoms. The molecule has 0 aliphatic heterocycles. The molecule has 0 radical (unpaired) electrons. The summed E-state index contributed by atoms with van der Waals surface area (Å²) >= 11 is 0. The zero-order valence-electron chi connectivity index (χ0n) is 12.0. The lowest BCUT2D eigenvalue weighted by atomic mass is 10.0. The fourth-order valence-electron chi connectivity index (χ4n) is 4.39. The van der Waals surface area contributed by atoms with Crippen LogP contribution in [0, 0.1) is 23.7 Å². The molecule has 5 atom stereocenters. The second-order valence-corrected chi connectivity index (χ2v) is 7.64. The van der Waals surface area contributed by atoms with E-state index in [1.54, 1.807) is 0 Å². The molecular formula is C15H26N2O. The van der Waals surface area contributed by atoms with Gasteiger partial charge in [0.2, 0.25) is 5.91 Å². The first-order chi connectivity index (χ1) is 8.37. The van der Waals surface area contributed by atoms with Gasteiger partial charge in [0.15, 0.2) is 0 Å². The second kappa shape index (κ2) is 3.96. The van der Waals surface area contributed by atoms with Crippen molar-refractivity contribution in [2.24, 2.45) is 23.7 Å². The van der Waals surface area contributed by atoms with Crippen molar-refractivity contribution >= 4 is 5.91 Å². The first-order valence-electron chi connectivity index (χ1n) is 7.45. The Morgan fingerprint density at radius 2 is 1.72 bits per heavy atom. The molecule has 2 bridgehead atoms. The number of hydrogen-bond donors (Lipinski definition) is 2. The van der Waals surface area contributed by atoms with Crippen molar-refractivity contribution < 1.29 is 4.79 Å². The van der Waals surface area contributed by atoms with Crippen LogP contribution in [0.5, 0.6) is 0 Å². The average Bonchev–Trinajstić information content (AvgIpc) is 2.67. The van der Waals surface area contributed by atoms with Gasteiger partial charge in [-0.2, -0.15) is 0 Å². The van der Waals surface area contributed by atoms with Gasteiger partial charge in [0.1, 0.15) is 0 Å². The maximum absolute atomic E-state index is 12.0. The largest absolute Gasteiger partial charge is 0.350 e. The Labute approximate surface area is 110 Å². The zero-order valence-corrected chi connectivity index (χ0v) is 12.0. The van der Waals surface area contributed by atoms with Gasteiger partial charge in [-0.05, 0) is 70.6 Å². The number of carbonyl (C=O) groups excluding carboxylic acids is 1. The van der Waals surface area contributed by atoms with Crippen LogP contribution in [0.3, 0.4) is 0 Å². The molecule has 1 amide bonds. The summed E-state index contributed by atoms with van der Waals surface area (Å²) < 4.78 is 0. The third kappa shape index (κ3) is 2.07. The van der Waals surface area contributed by atoms with Crippen LogP contribution < -0.4 is 10.6 Å². The highest BCUT2D eigenvalue weighted by Gasteiger charge is 2.65. The van der Waals surface area contributed by atoms with Crippen molar-refractivity contribution in [2.45, 2.75) is 64.6 Å². The number of amides is 1. The van der Waals surface area contributed by atoms with E-state index in [1.807, 2.05) is 27.7 Å². The van der Waals surface area contributed by atoms with Gasteiger partial charge < -0.3 is 10.6 Å². The van der Waals surface area contributed by atoms with Crippen LogP contribution in [0.2, 0.25) is 0 Å². The van der Waals surface area contributed by atoms with E-state index in [0.717, 1.165) is 23.7 Å². The van der Waals surface area contributed by atoms with Gasteiger partial charge in [0.05, 0.1) is 6.04 Å². The van der Waals surface area contributed by atoms with E-state index >= 15 is 0 Å². The lowest BCUT2D eigenvalue weighted by molar-refractivity contribution is -0.124. The summed E-state index contributed by atoms with van der Waals surface area (Å²) in [6.45, 7) is 8.09. The normalized spacial score (nSPS) is 42.6. The van der Waals surface area contributed by atoms with Crippen molar-refractivity contribution in [2.75, 3.05) is 0 Å². The Hall–Kier alpha value is -0.570. The maximum atomic E-state index is 12.0. The SMILES string of the molecule is CC(NC1C2C3CCC(C3)C12)C(=O)NC(C)(C)C. The van der Waals surface area contributed by atoms with Crippen molar-refractivity contribution in [3.63, 3.8) is 0 Å². The van der Waals surface area contributed by atoms with E-state index in [0.29, 0.717) is 6.04 Å². The minimum Gasteiger partial charge on any atom is -0.350 e. The molecule has 3 saturated carbocycles. The molecule has 0 aromatic carbocycles. The summed E-state index contributed by atoms with van der Waals surface area (Å²) in [6.07, 6.45) is 4.34. The lowest BCUT2D eigenvalue weighted by Gasteiger charge is -2.24. The highest BCUT2D eigenvalue weighted by Crippen LogP contribution is 2.65. The fourth-order valence-corrected chi connectivity index (χ4v) is 4.39. The fraction of sp³-hybridized carbons (Fsp3) is 0.933. The topological polar surface area (TPSA) is 41.1 Å². The highest BCUT2D eigenvalue weighted by atomic mass is 16.2. The van der Waals surface area contributed by atoms with E-state index in [-0.39, 0.29) is 17.5 Å². The molecule has 5 unspecified atom stereocenters. The first kappa shape index (κ1) is 12.5. The quantitative estimate of drug-likeness (QED) is 0.803. The summed E-state index contributed by atoms with van der Waals surface area (Å²) in [5, 5.41) is 6.62. The summed E-state index contributed by atoms with van der Waals surface area (Å²) in [7, 11) is 0. The van der Waals surface area contributed by atoms with Crippen LogP contribution in [0.15, 0.2) is 0 Å². The Kier molecular flexibility index (Phi) is 2.74. The molecule has 2 N–H and O–H groups in total. The molecule has 0 saturated heterocycles. The number of fused-ring (bicyclic) bond motifs is 5. The Balaban J connectivity index is 1.51. The molecular weight excluding hydrogens is 224 g/mol. The monoisotopic (exact) mass is 250 g/mol. The molecule has 0 spiro atoms. The summed E-state index contributed by atoms with van der Waals surface area (Å²) in [6, 6.07) is 0.580. The van der Waals surface area contributed by atoms with Gasteiger partial charge in [0.25, 0.3) is 0 Å². The standard InChI is InChI=1S/C15H26N2O/c1-8(14(18)17-15(2,3)4)16-13-11-9-5-6-10(7-9)12(11)13/h8-13,16H,5-7H2,1-4H3,(H,17,18). The highest BCUT2D eigenvalue weighted by molar-refractivity contribution is 5.82. The van der Waals surface area contributed by atoms with Crippen LogP contribution in [0.1, 0.15) is 47.0 Å². The summed E-state index contributed by atoms with van der Waals surface area (Å²) in [5.74, 6) is 3.87. The second-order valence-electron chi connectivity index (χ2n) is 7.64. The molecule has 0 aromatic rings. The predicted molar refractivity (Wildman–Crippen MR) is 72.1 cm³/mol. The van der Waals surface area contributed by atoms with Crippen LogP contribution in [-0.2, 0) is 4.79 Å². The minimum atomic E-state index is -0.133. The minimum absolute atomic E-state index is 0.0563. The third-order valence-electron chi connectivity index (χ3n) is 5.07. The number of hydrogen-bond acceptors (Lipinski definition) is 2. The van der Waals surface area contributed by atoms with E-state index in [9.17, 15) is 4.79 Å². The smallest absolute Gasteiger partial charge is 0.237 e. The number of rotatable bonds is 3. The van der Waals surface area contributed by atoms with Crippen molar-refractivity contribution in [3.8, 4) is 0 Å². The molecule has 3 aliphatic rings. The van der Waals surface area contributed by atoms with Gasteiger partial charge in [-0.1, -0.05) is 0 Å². The van der Waals surface area contributed by atoms with Crippen molar-refractivity contribution in [3.05, 3.63) is 0 Å². The first-order valence-corrected chi connectivity index (χ1v) is 7.45. The van der Waals surface area contributed by atoms with Gasteiger partial charge in [0, 0.05) is 11.6 Å². The Morgan fingerprint density at radius 1 is 1.17 bits per heavy atom. The van der Waals surface area contributed by atoms with Gasteiger partial charge in [-0.25, -0.2) is 0 Å². The molecule has 0 aromatic heterocycles. The van der Waals surface area contributed by atoms with Gasteiger partial charge >= 0.3 is 0 Å². The molecule has 3 fully saturated rings. The Morgan fingerprint density at radius 3 is 2.22 bits per heavy atom. The molecule has 18 heavy (non-hydrogen) atoms. The number of nitrogens with one attached hydrogen (secondary N) is 2. The Bertz CT molecular complexity index is 344.